The van der Waals surface area contributed by atoms with Gasteiger partial charge in [0, 0.05) is 18.5 Å². The maximum Gasteiger partial charge on any atom is 0.223 e. The second kappa shape index (κ2) is 7.13. The smallest absolute Gasteiger partial charge is 0.223 e. The Morgan fingerprint density at radius 3 is 2.61 bits per heavy atom. The highest BCUT2D eigenvalue weighted by molar-refractivity contribution is 5.79. The zero-order valence-corrected chi connectivity index (χ0v) is 11.7. The topological polar surface area (TPSA) is 41.1 Å². The lowest BCUT2D eigenvalue weighted by Gasteiger charge is -2.28. The lowest BCUT2D eigenvalue weighted by atomic mass is 9.79. The maximum absolute atomic E-state index is 12.1. The van der Waals surface area contributed by atoms with Crippen LogP contribution in [0.2, 0.25) is 0 Å². The van der Waals surface area contributed by atoms with Crippen LogP contribution in [0, 0.1) is 11.8 Å². The molecule has 18 heavy (non-hydrogen) atoms. The Bertz CT molecular complexity index is 253. The predicted molar refractivity (Wildman–Crippen MR) is 74.4 cm³/mol. The van der Waals surface area contributed by atoms with E-state index >= 15 is 0 Å². The monoisotopic (exact) mass is 252 g/mol. The first-order valence-electron chi connectivity index (χ1n) is 7.80. The molecule has 0 aromatic heterocycles. The molecule has 0 radical (unpaired) electrons. The van der Waals surface area contributed by atoms with Crippen LogP contribution < -0.4 is 10.6 Å². The standard InChI is InChI=1S/C15H28N2O/c1-2-3-4-12-5-7-13(8-6-12)15(18)17-14-9-10-16-11-14/h12-14,16H,2-11H2,1H3,(H,17,18)/t12?,13?,14-/m1/s1. The third-order valence-corrected chi connectivity index (χ3v) is 4.59. The van der Waals surface area contributed by atoms with Gasteiger partial charge in [0.05, 0.1) is 0 Å². The molecule has 0 aromatic rings. The molecule has 1 amide bonds. The van der Waals surface area contributed by atoms with Crippen LogP contribution in [0.5, 0.6) is 0 Å². The first-order chi connectivity index (χ1) is 8.79. The molecule has 1 aliphatic heterocycles. The van der Waals surface area contributed by atoms with Gasteiger partial charge in [0.1, 0.15) is 0 Å². The van der Waals surface area contributed by atoms with Crippen LogP contribution in [0.25, 0.3) is 0 Å². The molecule has 0 spiro atoms. The van der Waals surface area contributed by atoms with E-state index in [9.17, 15) is 4.79 Å². The minimum atomic E-state index is 0.295. The number of unbranched alkanes of at least 4 members (excludes halogenated alkanes) is 1. The number of nitrogens with one attached hydrogen (secondary N) is 2. The molecule has 1 heterocycles. The Kier molecular flexibility index (Phi) is 5.48. The van der Waals surface area contributed by atoms with Gasteiger partial charge in [-0.15, -0.1) is 0 Å². The van der Waals surface area contributed by atoms with E-state index < -0.39 is 0 Å². The highest BCUT2D eigenvalue weighted by Gasteiger charge is 2.27. The van der Waals surface area contributed by atoms with E-state index in [0.29, 0.717) is 17.9 Å². The van der Waals surface area contributed by atoms with Crippen molar-refractivity contribution in [3.05, 3.63) is 0 Å². The largest absolute Gasteiger partial charge is 0.352 e. The Morgan fingerprint density at radius 2 is 2.00 bits per heavy atom. The molecule has 104 valence electrons. The molecule has 3 heteroatoms. The van der Waals surface area contributed by atoms with Crippen molar-refractivity contribution in [2.24, 2.45) is 11.8 Å². The number of carbonyl (C=O) groups is 1. The van der Waals surface area contributed by atoms with E-state index in [1.807, 2.05) is 0 Å². The molecule has 0 unspecified atom stereocenters. The lowest BCUT2D eigenvalue weighted by molar-refractivity contribution is -0.126. The molecule has 1 aliphatic carbocycles. The average Bonchev–Trinajstić information content (AvgIpc) is 2.89. The number of hydrogen-bond acceptors (Lipinski definition) is 2. The quantitative estimate of drug-likeness (QED) is 0.789. The summed E-state index contributed by atoms with van der Waals surface area (Å²) in [7, 11) is 0. The van der Waals surface area contributed by atoms with Gasteiger partial charge in [0.25, 0.3) is 0 Å². The summed E-state index contributed by atoms with van der Waals surface area (Å²) < 4.78 is 0. The first kappa shape index (κ1) is 13.9. The van der Waals surface area contributed by atoms with Crippen LogP contribution in [0.1, 0.15) is 58.3 Å². The molecule has 0 bridgehead atoms. The molecule has 2 N–H and O–H groups in total. The molecule has 1 atom stereocenters. The van der Waals surface area contributed by atoms with E-state index in [2.05, 4.69) is 17.6 Å². The molecule has 0 aromatic carbocycles. The van der Waals surface area contributed by atoms with Gasteiger partial charge in [-0.25, -0.2) is 0 Å². The normalized spacial score (nSPS) is 32.4. The second-order valence-electron chi connectivity index (χ2n) is 6.06. The second-order valence-corrected chi connectivity index (χ2v) is 6.06. The first-order valence-corrected chi connectivity index (χ1v) is 7.80. The number of amides is 1. The van der Waals surface area contributed by atoms with Gasteiger partial charge >= 0.3 is 0 Å². The molecular weight excluding hydrogens is 224 g/mol. The van der Waals surface area contributed by atoms with Gasteiger partial charge in [0.15, 0.2) is 0 Å². The van der Waals surface area contributed by atoms with Gasteiger partial charge in [0.2, 0.25) is 5.91 Å². The SMILES string of the molecule is CCCCC1CCC(C(=O)N[C@@H]2CCNC2)CC1. The minimum Gasteiger partial charge on any atom is -0.352 e. The summed E-state index contributed by atoms with van der Waals surface area (Å²) in [6.45, 7) is 4.26. The minimum absolute atomic E-state index is 0.295. The van der Waals surface area contributed by atoms with Crippen molar-refractivity contribution >= 4 is 5.91 Å². The summed E-state index contributed by atoms with van der Waals surface area (Å²) in [5.74, 6) is 1.50. The van der Waals surface area contributed by atoms with Crippen LogP contribution in [0.15, 0.2) is 0 Å². The molecular formula is C15H28N2O. The maximum atomic E-state index is 12.1. The Hall–Kier alpha value is -0.570. The van der Waals surface area contributed by atoms with Gasteiger partial charge in [-0.05, 0) is 44.6 Å². The van der Waals surface area contributed by atoms with Gasteiger partial charge in [-0.1, -0.05) is 26.2 Å². The molecule has 2 aliphatic rings. The zero-order valence-electron chi connectivity index (χ0n) is 11.7. The molecule has 2 fully saturated rings. The van der Waals surface area contributed by atoms with E-state index in [1.165, 1.54) is 32.1 Å². The summed E-state index contributed by atoms with van der Waals surface area (Å²) in [6, 6.07) is 0.385. The molecule has 1 saturated heterocycles. The molecule has 1 saturated carbocycles. The average molecular weight is 252 g/mol. The van der Waals surface area contributed by atoms with Crippen LogP contribution in [-0.2, 0) is 4.79 Å². The highest BCUT2D eigenvalue weighted by Crippen LogP contribution is 2.32. The van der Waals surface area contributed by atoms with Crippen molar-refractivity contribution in [3.63, 3.8) is 0 Å². The molecule has 2 rings (SSSR count). The van der Waals surface area contributed by atoms with Gasteiger partial charge in [-0.3, -0.25) is 4.79 Å². The number of rotatable bonds is 5. The van der Waals surface area contributed by atoms with Crippen molar-refractivity contribution in [2.75, 3.05) is 13.1 Å². The summed E-state index contributed by atoms with van der Waals surface area (Å²) in [6.07, 6.45) is 9.88. The summed E-state index contributed by atoms with van der Waals surface area (Å²) in [5.41, 5.74) is 0. The van der Waals surface area contributed by atoms with E-state index in [-0.39, 0.29) is 0 Å². The Balaban J connectivity index is 1.66. The highest BCUT2D eigenvalue weighted by atomic mass is 16.1. The van der Waals surface area contributed by atoms with Crippen molar-refractivity contribution in [1.29, 1.82) is 0 Å². The fourth-order valence-electron chi connectivity index (χ4n) is 3.30. The van der Waals surface area contributed by atoms with E-state index in [0.717, 1.165) is 38.3 Å². The van der Waals surface area contributed by atoms with E-state index in [4.69, 9.17) is 0 Å². The number of hydrogen-bond donors (Lipinski definition) is 2. The summed E-state index contributed by atoms with van der Waals surface area (Å²) >= 11 is 0. The molecule has 3 nitrogen and oxygen atoms in total. The van der Waals surface area contributed by atoms with Gasteiger partial charge < -0.3 is 10.6 Å². The van der Waals surface area contributed by atoms with Crippen molar-refractivity contribution < 1.29 is 4.79 Å². The van der Waals surface area contributed by atoms with Crippen molar-refractivity contribution in [2.45, 2.75) is 64.3 Å². The lowest BCUT2D eigenvalue weighted by Crippen LogP contribution is -2.41. The van der Waals surface area contributed by atoms with Gasteiger partial charge in [-0.2, -0.15) is 0 Å². The van der Waals surface area contributed by atoms with Crippen LogP contribution in [-0.4, -0.2) is 25.0 Å². The zero-order chi connectivity index (χ0) is 12.8. The Labute approximate surface area is 111 Å². The fraction of sp³-hybridized carbons (Fsp3) is 0.933. The third kappa shape index (κ3) is 3.98. The van der Waals surface area contributed by atoms with Crippen LogP contribution in [0.3, 0.4) is 0 Å². The Morgan fingerprint density at radius 1 is 1.22 bits per heavy atom. The van der Waals surface area contributed by atoms with Crippen LogP contribution >= 0.6 is 0 Å². The van der Waals surface area contributed by atoms with Crippen molar-refractivity contribution in [3.8, 4) is 0 Å². The number of carbonyl (C=O) groups excluding carboxylic acids is 1. The van der Waals surface area contributed by atoms with Crippen LogP contribution in [0.4, 0.5) is 0 Å². The van der Waals surface area contributed by atoms with Crippen molar-refractivity contribution in [1.82, 2.24) is 10.6 Å². The summed E-state index contributed by atoms with van der Waals surface area (Å²) in [5, 5.41) is 6.50. The fourth-order valence-corrected chi connectivity index (χ4v) is 3.30. The summed E-state index contributed by atoms with van der Waals surface area (Å²) in [4.78, 5) is 12.1. The predicted octanol–water partition coefficient (Wildman–Crippen LogP) is 2.46. The third-order valence-electron chi connectivity index (χ3n) is 4.59. The van der Waals surface area contributed by atoms with E-state index in [1.54, 1.807) is 0 Å².